The second-order valence-corrected chi connectivity index (χ2v) is 4.41. The van der Waals surface area contributed by atoms with Crippen LogP contribution < -0.4 is 10.6 Å². The van der Waals surface area contributed by atoms with Crippen molar-refractivity contribution in [1.29, 1.82) is 0 Å². The Morgan fingerprint density at radius 3 is 2.78 bits per heavy atom. The van der Waals surface area contributed by atoms with E-state index in [1.54, 1.807) is 0 Å². The van der Waals surface area contributed by atoms with Crippen molar-refractivity contribution >= 4 is 11.6 Å². The van der Waals surface area contributed by atoms with Gasteiger partial charge in [0.25, 0.3) is 0 Å². The molecule has 4 nitrogen and oxygen atoms in total. The molecule has 1 aromatic rings. The van der Waals surface area contributed by atoms with Gasteiger partial charge in [0.2, 0.25) is 5.91 Å². The molecule has 1 heterocycles. The number of rotatable bonds is 4. The quantitative estimate of drug-likeness (QED) is 0.854. The summed E-state index contributed by atoms with van der Waals surface area (Å²) < 4.78 is 18.1. The van der Waals surface area contributed by atoms with Crippen molar-refractivity contribution < 1.29 is 13.9 Å². The van der Waals surface area contributed by atoms with Crippen LogP contribution in [0, 0.1) is 5.82 Å². The number of anilines is 1. The maximum Gasteiger partial charge on any atom is 0.238 e. The van der Waals surface area contributed by atoms with Crippen LogP contribution in [0.25, 0.3) is 0 Å². The molecule has 0 spiro atoms. The second-order valence-electron chi connectivity index (χ2n) is 4.41. The molecule has 1 fully saturated rings. The largest absolute Gasteiger partial charge is 0.377 e. The van der Waals surface area contributed by atoms with E-state index >= 15 is 0 Å². The van der Waals surface area contributed by atoms with Crippen LogP contribution in [0.5, 0.6) is 0 Å². The van der Waals surface area contributed by atoms with Gasteiger partial charge in [-0.3, -0.25) is 4.79 Å². The Kier molecular flexibility index (Phi) is 4.28. The summed E-state index contributed by atoms with van der Waals surface area (Å²) >= 11 is 0. The Morgan fingerprint density at radius 1 is 1.44 bits per heavy atom. The van der Waals surface area contributed by atoms with E-state index < -0.39 is 0 Å². The Hall–Kier alpha value is -1.46. The van der Waals surface area contributed by atoms with Gasteiger partial charge in [0, 0.05) is 18.3 Å². The molecular weight excluding hydrogens is 235 g/mol. The minimum absolute atomic E-state index is 0.138. The molecule has 2 rings (SSSR count). The number of halogens is 1. The van der Waals surface area contributed by atoms with Gasteiger partial charge in [0.05, 0.1) is 12.6 Å². The van der Waals surface area contributed by atoms with E-state index in [9.17, 15) is 9.18 Å². The first kappa shape index (κ1) is 13.0. The van der Waals surface area contributed by atoms with E-state index in [0.29, 0.717) is 5.69 Å². The molecule has 98 valence electrons. The lowest BCUT2D eigenvalue weighted by Crippen LogP contribution is -2.39. The third kappa shape index (κ3) is 3.51. The average Bonchev–Trinajstić information content (AvgIpc) is 2.75. The van der Waals surface area contributed by atoms with Gasteiger partial charge in [-0.2, -0.15) is 0 Å². The SMILES string of the molecule is CC1OCCC1NCC(=O)Nc1ccc(F)cc1. The molecule has 0 radical (unpaired) electrons. The Balaban J connectivity index is 1.76. The normalized spacial score (nSPS) is 23.0. The van der Waals surface area contributed by atoms with Gasteiger partial charge in [0.15, 0.2) is 0 Å². The van der Waals surface area contributed by atoms with Gasteiger partial charge in [-0.25, -0.2) is 4.39 Å². The molecule has 1 aromatic carbocycles. The standard InChI is InChI=1S/C13H17FN2O2/c1-9-12(6-7-18-9)15-8-13(17)16-11-4-2-10(14)3-5-11/h2-5,9,12,15H,6-8H2,1H3,(H,16,17). The van der Waals surface area contributed by atoms with Crippen LogP contribution in [-0.2, 0) is 9.53 Å². The lowest BCUT2D eigenvalue weighted by atomic mass is 10.1. The number of carbonyl (C=O) groups is 1. The molecule has 1 saturated heterocycles. The van der Waals surface area contributed by atoms with Gasteiger partial charge >= 0.3 is 0 Å². The monoisotopic (exact) mass is 252 g/mol. The summed E-state index contributed by atoms with van der Waals surface area (Å²) in [5.74, 6) is -0.455. The summed E-state index contributed by atoms with van der Waals surface area (Å²) in [6.07, 6.45) is 1.06. The number of hydrogen-bond donors (Lipinski definition) is 2. The van der Waals surface area contributed by atoms with Gasteiger partial charge in [0.1, 0.15) is 5.82 Å². The van der Waals surface area contributed by atoms with Crippen molar-refractivity contribution in [3.8, 4) is 0 Å². The van der Waals surface area contributed by atoms with E-state index in [0.717, 1.165) is 13.0 Å². The predicted octanol–water partition coefficient (Wildman–Crippen LogP) is 1.53. The van der Waals surface area contributed by atoms with Crippen LogP contribution >= 0.6 is 0 Å². The van der Waals surface area contributed by atoms with Crippen LogP contribution in [0.1, 0.15) is 13.3 Å². The zero-order valence-corrected chi connectivity index (χ0v) is 10.3. The lowest BCUT2D eigenvalue weighted by Gasteiger charge is -2.15. The number of hydrogen-bond acceptors (Lipinski definition) is 3. The van der Waals surface area contributed by atoms with Crippen molar-refractivity contribution in [1.82, 2.24) is 5.32 Å². The van der Waals surface area contributed by atoms with Crippen LogP contribution in [0.3, 0.4) is 0 Å². The smallest absolute Gasteiger partial charge is 0.238 e. The first-order chi connectivity index (χ1) is 8.65. The highest BCUT2D eigenvalue weighted by Crippen LogP contribution is 2.12. The molecule has 18 heavy (non-hydrogen) atoms. The van der Waals surface area contributed by atoms with Crippen LogP contribution in [0.15, 0.2) is 24.3 Å². The van der Waals surface area contributed by atoms with E-state index in [1.165, 1.54) is 24.3 Å². The Bertz CT molecular complexity index is 408. The second kappa shape index (κ2) is 5.93. The molecule has 0 aliphatic carbocycles. The molecule has 1 aliphatic rings. The molecule has 2 unspecified atom stereocenters. The summed E-state index contributed by atoms with van der Waals surface area (Å²) in [4.78, 5) is 11.7. The highest BCUT2D eigenvalue weighted by atomic mass is 19.1. The number of ether oxygens (including phenoxy) is 1. The van der Waals surface area contributed by atoms with Crippen molar-refractivity contribution in [2.45, 2.75) is 25.5 Å². The van der Waals surface area contributed by atoms with Gasteiger partial charge in [-0.15, -0.1) is 0 Å². The molecule has 2 atom stereocenters. The highest BCUT2D eigenvalue weighted by Gasteiger charge is 2.23. The van der Waals surface area contributed by atoms with Crippen LogP contribution in [0.4, 0.5) is 10.1 Å². The maximum atomic E-state index is 12.7. The molecule has 0 saturated carbocycles. The maximum absolute atomic E-state index is 12.7. The molecular formula is C13H17FN2O2. The lowest BCUT2D eigenvalue weighted by molar-refractivity contribution is -0.115. The molecule has 2 N–H and O–H groups in total. The summed E-state index contributed by atoms with van der Waals surface area (Å²) in [7, 11) is 0. The van der Waals surface area contributed by atoms with Crippen LogP contribution in [-0.4, -0.2) is 31.2 Å². The molecule has 0 bridgehead atoms. The Labute approximate surface area is 106 Å². The van der Waals surface area contributed by atoms with Crippen molar-refractivity contribution in [2.75, 3.05) is 18.5 Å². The zero-order chi connectivity index (χ0) is 13.0. The highest BCUT2D eigenvalue weighted by molar-refractivity contribution is 5.92. The van der Waals surface area contributed by atoms with E-state index in [2.05, 4.69) is 10.6 Å². The number of benzene rings is 1. The fourth-order valence-corrected chi connectivity index (χ4v) is 1.96. The number of carbonyl (C=O) groups excluding carboxylic acids is 1. The first-order valence-corrected chi connectivity index (χ1v) is 6.05. The van der Waals surface area contributed by atoms with Gasteiger partial charge in [-0.05, 0) is 37.6 Å². The minimum atomic E-state index is -0.317. The zero-order valence-electron chi connectivity index (χ0n) is 10.3. The fourth-order valence-electron chi connectivity index (χ4n) is 1.96. The molecule has 1 amide bonds. The van der Waals surface area contributed by atoms with Gasteiger partial charge in [-0.1, -0.05) is 0 Å². The fraction of sp³-hybridized carbons (Fsp3) is 0.462. The van der Waals surface area contributed by atoms with E-state index in [-0.39, 0.29) is 30.4 Å². The molecule has 0 aromatic heterocycles. The third-order valence-corrected chi connectivity index (χ3v) is 3.03. The van der Waals surface area contributed by atoms with E-state index in [1.807, 2.05) is 6.92 Å². The van der Waals surface area contributed by atoms with Crippen molar-refractivity contribution in [3.05, 3.63) is 30.1 Å². The predicted molar refractivity (Wildman–Crippen MR) is 66.9 cm³/mol. The third-order valence-electron chi connectivity index (χ3n) is 3.03. The molecule has 5 heteroatoms. The Morgan fingerprint density at radius 2 is 2.17 bits per heavy atom. The number of amides is 1. The number of nitrogens with one attached hydrogen (secondary N) is 2. The van der Waals surface area contributed by atoms with Crippen molar-refractivity contribution in [3.63, 3.8) is 0 Å². The summed E-state index contributed by atoms with van der Waals surface area (Å²) in [6, 6.07) is 5.93. The van der Waals surface area contributed by atoms with Crippen LogP contribution in [0.2, 0.25) is 0 Å². The minimum Gasteiger partial charge on any atom is -0.377 e. The summed E-state index contributed by atoms with van der Waals surface area (Å²) in [6.45, 7) is 2.96. The summed E-state index contributed by atoms with van der Waals surface area (Å²) in [5, 5.41) is 5.85. The molecule has 1 aliphatic heterocycles. The van der Waals surface area contributed by atoms with Crippen molar-refractivity contribution in [2.24, 2.45) is 0 Å². The van der Waals surface area contributed by atoms with Gasteiger partial charge < -0.3 is 15.4 Å². The summed E-state index contributed by atoms with van der Waals surface area (Å²) in [5.41, 5.74) is 0.596. The first-order valence-electron chi connectivity index (χ1n) is 6.05. The van der Waals surface area contributed by atoms with E-state index in [4.69, 9.17) is 4.74 Å². The topological polar surface area (TPSA) is 50.4 Å². The average molecular weight is 252 g/mol.